The molecule has 190 valence electrons. The number of aromatic nitrogens is 1. The van der Waals surface area contributed by atoms with Crippen LogP contribution in [0.4, 0.5) is 8.78 Å². The Morgan fingerprint density at radius 1 is 1.08 bits per heavy atom. The Hall–Kier alpha value is -2.65. The standard InChI is InChI=1S/C27H28F2N2O4S/c1-26(2)18-9-10-27(26,24(32)14-18)15-36(33,34)31-11-3-4-22(31)25-30-21-13-17(6-8-23(21)35-25)16-5-7-19(28)20(29)12-16/h5-8,12-13,18,22H,3-4,9-11,14-15H2,1-2H3/t18-,22-,27-/m0/s1. The van der Waals surface area contributed by atoms with Crippen LogP contribution in [-0.2, 0) is 14.8 Å². The van der Waals surface area contributed by atoms with Crippen LogP contribution in [0.25, 0.3) is 22.2 Å². The molecule has 2 saturated carbocycles. The Bertz CT molecular complexity index is 1500. The van der Waals surface area contributed by atoms with Gasteiger partial charge in [0.25, 0.3) is 0 Å². The summed E-state index contributed by atoms with van der Waals surface area (Å²) >= 11 is 0. The normalized spacial score (nSPS) is 27.9. The lowest BCUT2D eigenvalue weighted by Crippen LogP contribution is -2.46. The lowest BCUT2D eigenvalue weighted by Gasteiger charge is -2.37. The van der Waals surface area contributed by atoms with Crippen LogP contribution in [0.15, 0.2) is 40.8 Å². The maximum atomic E-state index is 13.7. The third kappa shape index (κ3) is 3.39. The zero-order valence-electron chi connectivity index (χ0n) is 20.3. The molecule has 6 rings (SSSR count). The number of benzene rings is 2. The number of nitrogens with zero attached hydrogens (tertiary/aromatic N) is 2. The van der Waals surface area contributed by atoms with E-state index in [-0.39, 0.29) is 22.9 Å². The highest BCUT2D eigenvalue weighted by atomic mass is 32.2. The second-order valence-electron chi connectivity index (χ2n) is 11.1. The predicted octanol–water partition coefficient (Wildman–Crippen LogP) is 5.64. The average molecular weight is 515 g/mol. The van der Waals surface area contributed by atoms with Crippen molar-refractivity contribution in [1.29, 1.82) is 0 Å². The summed E-state index contributed by atoms with van der Waals surface area (Å²) in [6, 6.07) is 8.31. The molecule has 0 unspecified atom stereocenters. The highest BCUT2D eigenvalue weighted by Crippen LogP contribution is 2.64. The van der Waals surface area contributed by atoms with Crippen molar-refractivity contribution in [3.8, 4) is 11.1 Å². The first-order valence-electron chi connectivity index (χ1n) is 12.4. The van der Waals surface area contributed by atoms with Crippen LogP contribution in [0.1, 0.15) is 57.9 Å². The fraction of sp³-hybridized carbons (Fsp3) is 0.481. The van der Waals surface area contributed by atoms with E-state index in [0.717, 1.165) is 18.6 Å². The second kappa shape index (κ2) is 7.92. The molecule has 6 nitrogen and oxygen atoms in total. The van der Waals surface area contributed by atoms with Crippen LogP contribution in [0, 0.1) is 28.4 Å². The Morgan fingerprint density at radius 3 is 2.53 bits per heavy atom. The van der Waals surface area contributed by atoms with Crippen LogP contribution < -0.4 is 0 Å². The molecular formula is C27H28F2N2O4S. The Morgan fingerprint density at radius 2 is 1.83 bits per heavy atom. The maximum Gasteiger partial charge on any atom is 0.215 e. The van der Waals surface area contributed by atoms with Gasteiger partial charge in [0.1, 0.15) is 17.3 Å². The van der Waals surface area contributed by atoms with E-state index < -0.39 is 33.1 Å². The van der Waals surface area contributed by atoms with Crippen molar-refractivity contribution in [3.05, 3.63) is 53.9 Å². The molecule has 2 bridgehead atoms. The average Bonchev–Trinajstić information content (AvgIpc) is 3.56. The Balaban J connectivity index is 1.31. The molecule has 1 aliphatic heterocycles. The number of hydrogen-bond donors (Lipinski definition) is 0. The SMILES string of the molecule is CC1(C)[C@H]2CC[C@]1(CS(=O)(=O)N1CCC[C@H]1c1nc3cc(-c4ccc(F)c(F)c4)ccc3o1)C(=O)C2. The fourth-order valence-corrected chi connectivity index (χ4v) is 9.22. The zero-order chi connectivity index (χ0) is 25.5. The molecule has 3 aromatic rings. The minimum absolute atomic E-state index is 0.0784. The molecular weight excluding hydrogens is 486 g/mol. The van der Waals surface area contributed by atoms with Crippen molar-refractivity contribution in [2.75, 3.05) is 12.3 Å². The second-order valence-corrected chi connectivity index (χ2v) is 13.0. The van der Waals surface area contributed by atoms with Gasteiger partial charge < -0.3 is 4.42 Å². The van der Waals surface area contributed by atoms with Crippen molar-refractivity contribution in [3.63, 3.8) is 0 Å². The van der Waals surface area contributed by atoms with Crippen molar-refractivity contribution in [2.24, 2.45) is 16.7 Å². The van der Waals surface area contributed by atoms with E-state index in [2.05, 4.69) is 4.98 Å². The quantitative estimate of drug-likeness (QED) is 0.441. The maximum absolute atomic E-state index is 13.7. The summed E-state index contributed by atoms with van der Waals surface area (Å²) < 4.78 is 62.0. The summed E-state index contributed by atoms with van der Waals surface area (Å²) in [6.45, 7) is 4.44. The monoisotopic (exact) mass is 514 g/mol. The van der Waals surface area contributed by atoms with Crippen molar-refractivity contribution >= 4 is 26.9 Å². The third-order valence-electron chi connectivity index (χ3n) is 9.07. The molecule has 0 amide bonds. The van der Waals surface area contributed by atoms with Gasteiger partial charge in [-0.05, 0) is 72.4 Å². The van der Waals surface area contributed by atoms with E-state index in [1.807, 2.05) is 13.8 Å². The first-order chi connectivity index (χ1) is 17.0. The summed E-state index contributed by atoms with van der Waals surface area (Å²) in [5.41, 5.74) is 0.993. The lowest BCUT2D eigenvalue weighted by atomic mass is 9.70. The molecule has 0 N–H and O–H groups in total. The molecule has 2 aromatic carbocycles. The summed E-state index contributed by atoms with van der Waals surface area (Å²) in [6.07, 6.45) is 3.24. The van der Waals surface area contributed by atoms with Crippen LogP contribution in [0.2, 0.25) is 0 Å². The fourth-order valence-electron chi connectivity index (χ4n) is 6.77. The van der Waals surface area contributed by atoms with E-state index in [0.29, 0.717) is 60.3 Å². The Labute approximate surface area is 208 Å². The van der Waals surface area contributed by atoms with Gasteiger partial charge in [0.05, 0.1) is 5.75 Å². The Kier molecular flexibility index (Phi) is 5.22. The highest BCUT2D eigenvalue weighted by Gasteiger charge is 2.66. The minimum atomic E-state index is -3.75. The van der Waals surface area contributed by atoms with Crippen LogP contribution in [0.3, 0.4) is 0 Å². The number of fused-ring (bicyclic) bond motifs is 3. The first kappa shape index (κ1) is 23.7. The molecule has 0 radical (unpaired) electrons. The van der Waals surface area contributed by atoms with Crippen molar-refractivity contribution < 1.29 is 26.4 Å². The summed E-state index contributed by atoms with van der Waals surface area (Å²) in [4.78, 5) is 17.6. The summed E-state index contributed by atoms with van der Waals surface area (Å²) in [7, 11) is -3.75. The van der Waals surface area contributed by atoms with E-state index in [1.165, 1.54) is 10.4 Å². The molecule has 36 heavy (non-hydrogen) atoms. The molecule has 3 fully saturated rings. The number of ketones is 1. The van der Waals surface area contributed by atoms with Crippen LogP contribution >= 0.6 is 0 Å². The largest absolute Gasteiger partial charge is 0.439 e. The number of carbonyl (C=O) groups excluding carboxylic acids is 1. The molecule has 3 atom stereocenters. The molecule has 1 aromatic heterocycles. The van der Waals surface area contributed by atoms with E-state index in [4.69, 9.17) is 4.42 Å². The molecule has 0 spiro atoms. The van der Waals surface area contributed by atoms with Crippen molar-refractivity contribution in [2.45, 2.75) is 52.0 Å². The van der Waals surface area contributed by atoms with E-state index in [9.17, 15) is 22.0 Å². The van der Waals surface area contributed by atoms with Crippen molar-refractivity contribution in [1.82, 2.24) is 9.29 Å². The van der Waals surface area contributed by atoms with Gasteiger partial charge in [0.15, 0.2) is 17.2 Å². The van der Waals surface area contributed by atoms with Gasteiger partial charge in [-0.3, -0.25) is 4.79 Å². The van der Waals surface area contributed by atoms with E-state index in [1.54, 1.807) is 18.2 Å². The van der Waals surface area contributed by atoms with Gasteiger partial charge in [0.2, 0.25) is 15.9 Å². The first-order valence-corrected chi connectivity index (χ1v) is 14.0. The number of oxazole rings is 1. The summed E-state index contributed by atoms with van der Waals surface area (Å²) in [5, 5.41) is 0. The summed E-state index contributed by atoms with van der Waals surface area (Å²) in [5.74, 6) is -1.38. The van der Waals surface area contributed by atoms with Crippen LogP contribution in [-0.4, -0.2) is 35.8 Å². The van der Waals surface area contributed by atoms with Gasteiger partial charge in [-0.1, -0.05) is 26.0 Å². The topological polar surface area (TPSA) is 80.5 Å². The number of sulfonamides is 1. The number of Topliss-reactive ketones (excluding diaryl/α,β-unsaturated/α-hetero) is 1. The van der Waals surface area contributed by atoms with Gasteiger partial charge in [-0.2, -0.15) is 4.31 Å². The van der Waals surface area contributed by atoms with Gasteiger partial charge in [-0.25, -0.2) is 22.2 Å². The predicted molar refractivity (Wildman–Crippen MR) is 130 cm³/mol. The number of hydrogen-bond acceptors (Lipinski definition) is 5. The lowest BCUT2D eigenvalue weighted by molar-refractivity contribution is -0.128. The molecule has 3 aliphatic rings. The van der Waals surface area contributed by atoms with Crippen LogP contribution in [0.5, 0.6) is 0 Å². The van der Waals surface area contributed by atoms with Gasteiger partial charge in [0, 0.05) is 18.4 Å². The van der Waals surface area contributed by atoms with Gasteiger partial charge >= 0.3 is 0 Å². The molecule has 1 saturated heterocycles. The highest BCUT2D eigenvalue weighted by molar-refractivity contribution is 7.89. The minimum Gasteiger partial charge on any atom is -0.439 e. The molecule has 9 heteroatoms. The number of halogens is 2. The number of carbonyl (C=O) groups is 1. The molecule has 2 heterocycles. The van der Waals surface area contributed by atoms with E-state index >= 15 is 0 Å². The third-order valence-corrected chi connectivity index (χ3v) is 11.1. The molecule has 2 aliphatic carbocycles. The van der Waals surface area contributed by atoms with Gasteiger partial charge in [-0.15, -0.1) is 0 Å². The number of rotatable bonds is 5. The zero-order valence-corrected chi connectivity index (χ0v) is 21.1. The smallest absolute Gasteiger partial charge is 0.215 e.